The van der Waals surface area contributed by atoms with Gasteiger partial charge in [0.15, 0.2) is 11.8 Å². The summed E-state index contributed by atoms with van der Waals surface area (Å²) in [5.41, 5.74) is 1.91. The Morgan fingerprint density at radius 1 is 1.34 bits per heavy atom. The van der Waals surface area contributed by atoms with E-state index in [2.05, 4.69) is 11.4 Å². The molecule has 152 valence electrons. The zero-order valence-electron chi connectivity index (χ0n) is 16.8. The second-order valence-corrected chi connectivity index (χ2v) is 8.01. The number of ether oxygens (including phenoxy) is 1. The van der Waals surface area contributed by atoms with Crippen LogP contribution in [0.15, 0.2) is 36.4 Å². The first-order valence-corrected chi connectivity index (χ1v) is 9.48. The summed E-state index contributed by atoms with van der Waals surface area (Å²) in [7, 11) is 0. The number of nitrogens with one attached hydrogen (secondary N) is 1. The first kappa shape index (κ1) is 20.3. The number of alkyl carbamates (subject to hydrolysis) is 1. The van der Waals surface area contributed by atoms with E-state index in [1.54, 1.807) is 45.0 Å². The molecule has 7 nitrogen and oxygen atoms in total. The van der Waals surface area contributed by atoms with E-state index in [1.807, 2.05) is 12.1 Å². The van der Waals surface area contributed by atoms with Crippen molar-refractivity contribution in [1.82, 2.24) is 9.88 Å². The van der Waals surface area contributed by atoms with Crippen LogP contribution >= 0.6 is 0 Å². The average molecular weight is 395 g/mol. The summed E-state index contributed by atoms with van der Waals surface area (Å²) in [6, 6.07) is 8.72. The van der Waals surface area contributed by atoms with Gasteiger partial charge in [0.25, 0.3) is 0 Å². The van der Waals surface area contributed by atoms with Crippen molar-refractivity contribution in [3.63, 3.8) is 0 Å². The molecule has 0 radical (unpaired) electrons. The highest BCUT2D eigenvalue weighted by Gasteiger charge is 2.30. The lowest BCUT2D eigenvalue weighted by atomic mass is 9.96. The summed E-state index contributed by atoms with van der Waals surface area (Å²) in [4.78, 5) is 12.2. The molecule has 1 amide bonds. The number of carbonyl (C=O) groups excluding carboxylic acids is 1. The van der Waals surface area contributed by atoms with E-state index in [0.29, 0.717) is 36.1 Å². The second kappa shape index (κ2) is 7.92. The van der Waals surface area contributed by atoms with Crippen LogP contribution in [0, 0.1) is 11.3 Å². The van der Waals surface area contributed by atoms with Gasteiger partial charge in [-0.25, -0.2) is 4.79 Å². The van der Waals surface area contributed by atoms with Gasteiger partial charge >= 0.3 is 6.09 Å². The lowest BCUT2D eigenvalue weighted by Crippen LogP contribution is -2.35. The van der Waals surface area contributed by atoms with Gasteiger partial charge in [0.05, 0.1) is 17.7 Å². The molecule has 3 rings (SSSR count). The molecular weight excluding hydrogens is 370 g/mol. The largest absolute Gasteiger partial charge is 0.494 e. The first-order chi connectivity index (χ1) is 13.7. The molecule has 3 N–H and O–H groups in total. The zero-order valence-corrected chi connectivity index (χ0v) is 16.8. The van der Waals surface area contributed by atoms with Crippen molar-refractivity contribution in [2.24, 2.45) is 0 Å². The number of nitriles is 1. The molecule has 0 aliphatic heterocycles. The molecule has 0 saturated carbocycles. The van der Waals surface area contributed by atoms with Gasteiger partial charge in [-0.05, 0) is 51.3 Å². The fraction of sp³-hybridized carbons (Fsp3) is 0.364. The number of aryl methyl sites for hydroxylation is 1. The predicted octanol–water partition coefficient (Wildman–Crippen LogP) is 3.69. The summed E-state index contributed by atoms with van der Waals surface area (Å²) in [5.74, 6) is -0.103. The maximum Gasteiger partial charge on any atom is 0.408 e. The van der Waals surface area contributed by atoms with Gasteiger partial charge in [-0.15, -0.1) is 0 Å². The van der Waals surface area contributed by atoms with Crippen molar-refractivity contribution in [3.8, 4) is 17.8 Å². The minimum atomic E-state index is -0.640. The van der Waals surface area contributed by atoms with Crippen LogP contribution < -0.4 is 5.32 Å². The molecule has 0 spiro atoms. The molecule has 2 aromatic rings. The van der Waals surface area contributed by atoms with E-state index in [4.69, 9.17) is 10.00 Å². The number of allylic oxidation sites excluding steroid dienone is 1. The lowest BCUT2D eigenvalue weighted by Gasteiger charge is -2.23. The molecule has 29 heavy (non-hydrogen) atoms. The van der Waals surface area contributed by atoms with Gasteiger partial charge < -0.3 is 20.3 Å². The third-order valence-corrected chi connectivity index (χ3v) is 4.66. The van der Waals surface area contributed by atoms with Crippen LogP contribution in [0.1, 0.15) is 49.1 Å². The Morgan fingerprint density at radius 3 is 2.79 bits per heavy atom. The Hall–Kier alpha value is -3.40. The molecule has 7 heteroatoms. The first-order valence-electron chi connectivity index (χ1n) is 9.48. The fourth-order valence-electron chi connectivity index (χ4n) is 3.41. The number of aromatic nitrogens is 1. The van der Waals surface area contributed by atoms with Gasteiger partial charge in [-0.3, -0.25) is 4.57 Å². The Labute approximate surface area is 169 Å². The van der Waals surface area contributed by atoms with Crippen molar-refractivity contribution >= 4 is 6.09 Å². The molecule has 0 bridgehead atoms. The predicted molar refractivity (Wildman–Crippen MR) is 108 cm³/mol. The van der Waals surface area contributed by atoms with Crippen molar-refractivity contribution in [3.05, 3.63) is 58.7 Å². The van der Waals surface area contributed by atoms with Gasteiger partial charge in [-0.1, -0.05) is 24.3 Å². The van der Waals surface area contributed by atoms with Gasteiger partial charge in [-0.2, -0.15) is 5.26 Å². The highest BCUT2D eigenvalue weighted by atomic mass is 16.6. The van der Waals surface area contributed by atoms with E-state index in [1.165, 1.54) is 4.57 Å². The second-order valence-electron chi connectivity index (χ2n) is 8.01. The topological polar surface area (TPSA) is 108 Å². The van der Waals surface area contributed by atoms with Crippen LogP contribution in [0.5, 0.6) is 11.8 Å². The highest BCUT2D eigenvalue weighted by Crippen LogP contribution is 2.41. The van der Waals surface area contributed by atoms with Crippen LogP contribution in [0.2, 0.25) is 0 Å². The van der Waals surface area contributed by atoms with Crippen LogP contribution in [-0.4, -0.2) is 26.5 Å². The van der Waals surface area contributed by atoms with Crippen LogP contribution in [0.3, 0.4) is 0 Å². The number of hydrogen-bond acceptors (Lipinski definition) is 5. The molecular formula is C22H25N3O4. The molecule has 1 heterocycles. The quantitative estimate of drug-likeness (QED) is 0.684. The van der Waals surface area contributed by atoms with Crippen LogP contribution in [0.4, 0.5) is 4.79 Å². The molecule has 1 aliphatic rings. The number of nitrogens with zero attached hydrogens (tertiary/aromatic N) is 2. The number of fused-ring (bicyclic) bond motifs is 1. The lowest BCUT2D eigenvalue weighted by molar-refractivity contribution is 0.0513. The van der Waals surface area contributed by atoms with E-state index >= 15 is 0 Å². The smallest absolute Gasteiger partial charge is 0.408 e. The summed E-state index contributed by atoms with van der Waals surface area (Å²) in [6.45, 7) is 5.65. The highest BCUT2D eigenvalue weighted by molar-refractivity contribution is 5.70. The summed E-state index contributed by atoms with van der Waals surface area (Å²) < 4.78 is 6.73. The third-order valence-electron chi connectivity index (χ3n) is 4.66. The monoisotopic (exact) mass is 395 g/mol. The third kappa shape index (κ3) is 4.54. The van der Waals surface area contributed by atoms with Crippen LogP contribution in [-0.2, 0) is 24.1 Å². The standard InChI is InChI=1S/C22H25N3O4/c1-22(2,3)29-21(28)24-17-9-5-8-16-18(17)20(27)25(19(16)26)11-10-14-6-4-7-15(12-14)13-23/h4-7,9,12,17,26-27H,8,10-11H2,1-3H3,(H,24,28). The number of amides is 1. The maximum absolute atomic E-state index is 12.2. The van der Waals surface area contributed by atoms with Crippen molar-refractivity contribution in [2.75, 3.05) is 0 Å². The molecule has 1 aromatic carbocycles. The SMILES string of the molecule is CC(C)(C)OC(=O)NC1C=CCc2c1c(O)n(CCc1cccc(C#N)c1)c2O. The Morgan fingerprint density at radius 2 is 2.10 bits per heavy atom. The Kier molecular flexibility index (Phi) is 5.55. The van der Waals surface area contributed by atoms with E-state index in [-0.39, 0.29) is 11.8 Å². The summed E-state index contributed by atoms with van der Waals surface area (Å²) in [5, 5.41) is 33.2. The number of aromatic hydroxyl groups is 2. The number of rotatable bonds is 4. The summed E-state index contributed by atoms with van der Waals surface area (Å²) >= 11 is 0. The molecule has 1 atom stereocenters. The molecule has 1 aliphatic carbocycles. The minimum absolute atomic E-state index is 0.0192. The number of carbonyl (C=O) groups is 1. The number of hydrogen-bond donors (Lipinski definition) is 3. The van der Waals surface area contributed by atoms with Crippen molar-refractivity contribution in [2.45, 2.75) is 51.8 Å². The van der Waals surface area contributed by atoms with E-state index in [9.17, 15) is 15.0 Å². The van der Waals surface area contributed by atoms with Gasteiger partial charge in [0, 0.05) is 17.7 Å². The minimum Gasteiger partial charge on any atom is -0.494 e. The molecule has 0 saturated heterocycles. The van der Waals surface area contributed by atoms with E-state index in [0.717, 1.165) is 5.56 Å². The Bertz CT molecular complexity index is 993. The molecule has 1 aromatic heterocycles. The average Bonchev–Trinajstić information content (AvgIpc) is 2.90. The van der Waals surface area contributed by atoms with E-state index < -0.39 is 17.7 Å². The maximum atomic E-state index is 12.2. The number of benzene rings is 1. The van der Waals surface area contributed by atoms with Gasteiger partial charge in [0.1, 0.15) is 5.60 Å². The van der Waals surface area contributed by atoms with Gasteiger partial charge in [0.2, 0.25) is 0 Å². The fourth-order valence-corrected chi connectivity index (χ4v) is 3.41. The normalized spacial score (nSPS) is 15.4. The zero-order chi connectivity index (χ0) is 21.2. The Balaban J connectivity index is 1.81. The van der Waals surface area contributed by atoms with Crippen molar-refractivity contribution in [1.29, 1.82) is 5.26 Å². The summed E-state index contributed by atoms with van der Waals surface area (Å²) in [6.07, 6.45) is 4.00. The molecule has 0 fully saturated rings. The van der Waals surface area contributed by atoms with Crippen molar-refractivity contribution < 1.29 is 19.7 Å². The molecule has 1 unspecified atom stereocenters. The van der Waals surface area contributed by atoms with Crippen LogP contribution in [0.25, 0.3) is 0 Å².